The number of likely N-dealkylation sites (tertiary alicyclic amines) is 1. The summed E-state index contributed by atoms with van der Waals surface area (Å²) in [5, 5.41) is 4.54. The third-order valence-corrected chi connectivity index (χ3v) is 8.83. The SMILES string of the molecule is CCCOc1cc(CN2CC3(CC([C@H]4CC[C@H](C(=O)OC)CC4)=NO3)C2)cc(C2CC2)c1-c1ccc(F)cc1. The Bertz CT molecular complexity index is 1230. The van der Waals surface area contributed by atoms with Crippen molar-refractivity contribution in [3.63, 3.8) is 0 Å². The van der Waals surface area contributed by atoms with E-state index in [4.69, 9.17) is 14.3 Å². The number of hydrogen-bond donors (Lipinski definition) is 0. The van der Waals surface area contributed by atoms with E-state index in [-0.39, 0.29) is 23.3 Å². The minimum atomic E-state index is -0.221. The second kappa shape index (κ2) is 10.9. The lowest BCUT2D eigenvalue weighted by Crippen LogP contribution is -2.61. The van der Waals surface area contributed by atoms with Gasteiger partial charge in [-0.3, -0.25) is 9.69 Å². The van der Waals surface area contributed by atoms with Crippen molar-refractivity contribution in [2.75, 3.05) is 26.8 Å². The molecule has 0 aromatic heterocycles. The van der Waals surface area contributed by atoms with Crippen LogP contribution in [-0.4, -0.2) is 49.0 Å². The van der Waals surface area contributed by atoms with Crippen molar-refractivity contribution in [1.29, 1.82) is 0 Å². The molecule has 2 saturated carbocycles. The molecule has 0 N–H and O–H groups in total. The van der Waals surface area contributed by atoms with Crippen molar-refractivity contribution in [3.8, 4) is 16.9 Å². The molecule has 7 heteroatoms. The van der Waals surface area contributed by atoms with Crippen LogP contribution < -0.4 is 4.74 Å². The first kappa shape index (κ1) is 26.3. The molecule has 3 fully saturated rings. The third-order valence-electron chi connectivity index (χ3n) is 8.83. The smallest absolute Gasteiger partial charge is 0.308 e. The predicted molar refractivity (Wildman–Crippen MR) is 148 cm³/mol. The van der Waals surface area contributed by atoms with Crippen LogP contribution in [0.5, 0.6) is 5.75 Å². The molecule has 39 heavy (non-hydrogen) atoms. The van der Waals surface area contributed by atoms with Crippen LogP contribution in [-0.2, 0) is 20.9 Å². The molecule has 0 amide bonds. The Morgan fingerprint density at radius 1 is 1.08 bits per heavy atom. The summed E-state index contributed by atoms with van der Waals surface area (Å²) in [7, 11) is 1.47. The summed E-state index contributed by atoms with van der Waals surface area (Å²) >= 11 is 0. The highest BCUT2D eigenvalue weighted by atomic mass is 19.1. The lowest BCUT2D eigenvalue weighted by Gasteiger charge is -2.45. The number of carbonyl (C=O) groups is 1. The average molecular weight is 535 g/mol. The zero-order valence-electron chi connectivity index (χ0n) is 23.1. The van der Waals surface area contributed by atoms with Gasteiger partial charge in [0.25, 0.3) is 0 Å². The summed E-state index contributed by atoms with van der Waals surface area (Å²) in [5.74, 6) is 1.59. The van der Waals surface area contributed by atoms with Crippen LogP contribution in [0.1, 0.15) is 75.3 Å². The van der Waals surface area contributed by atoms with E-state index in [9.17, 15) is 9.18 Å². The summed E-state index contributed by atoms with van der Waals surface area (Å²) in [4.78, 5) is 20.3. The fraction of sp³-hybridized carbons (Fsp3) is 0.562. The van der Waals surface area contributed by atoms with E-state index >= 15 is 0 Å². The molecule has 1 spiro atoms. The van der Waals surface area contributed by atoms with E-state index in [0.717, 1.165) is 75.0 Å². The highest BCUT2D eigenvalue weighted by molar-refractivity contribution is 5.89. The predicted octanol–water partition coefficient (Wildman–Crippen LogP) is 6.47. The number of nitrogens with zero attached hydrogens (tertiary/aromatic N) is 2. The molecule has 2 heterocycles. The van der Waals surface area contributed by atoms with Crippen molar-refractivity contribution in [2.24, 2.45) is 17.0 Å². The maximum Gasteiger partial charge on any atom is 0.308 e. The van der Waals surface area contributed by atoms with Gasteiger partial charge < -0.3 is 14.3 Å². The molecule has 2 aliphatic carbocycles. The van der Waals surface area contributed by atoms with Crippen molar-refractivity contribution in [1.82, 2.24) is 4.90 Å². The van der Waals surface area contributed by atoms with Crippen LogP contribution >= 0.6 is 0 Å². The van der Waals surface area contributed by atoms with Crippen molar-refractivity contribution in [3.05, 3.63) is 53.3 Å². The first-order valence-electron chi connectivity index (χ1n) is 14.6. The molecule has 6 nitrogen and oxygen atoms in total. The summed E-state index contributed by atoms with van der Waals surface area (Å²) in [6, 6.07) is 11.3. The lowest BCUT2D eigenvalue weighted by atomic mass is 9.76. The largest absolute Gasteiger partial charge is 0.493 e. The molecule has 0 unspecified atom stereocenters. The molecule has 6 rings (SSSR count). The van der Waals surface area contributed by atoms with Gasteiger partial charge in [0.15, 0.2) is 5.60 Å². The van der Waals surface area contributed by atoms with E-state index in [1.54, 1.807) is 0 Å². The molecule has 0 radical (unpaired) electrons. The molecule has 1 saturated heterocycles. The van der Waals surface area contributed by atoms with E-state index in [2.05, 4.69) is 29.1 Å². The van der Waals surface area contributed by atoms with Gasteiger partial charge in [-0.05, 0) is 85.8 Å². The fourth-order valence-electron chi connectivity index (χ4n) is 6.66. The molecule has 0 bridgehead atoms. The highest BCUT2D eigenvalue weighted by Gasteiger charge is 2.51. The van der Waals surface area contributed by atoms with Crippen LogP contribution in [0.25, 0.3) is 11.1 Å². The Labute approximate surface area is 230 Å². The Kier molecular flexibility index (Phi) is 7.36. The maximum atomic E-state index is 13.7. The summed E-state index contributed by atoms with van der Waals surface area (Å²) < 4.78 is 24.9. The molecular weight excluding hydrogens is 495 g/mol. The van der Waals surface area contributed by atoms with Gasteiger partial charge in [-0.1, -0.05) is 30.3 Å². The fourth-order valence-corrected chi connectivity index (χ4v) is 6.66. The molecule has 4 aliphatic rings. The average Bonchev–Trinajstić information content (AvgIpc) is 3.70. The molecule has 208 valence electrons. The Morgan fingerprint density at radius 2 is 1.79 bits per heavy atom. The molecule has 2 aromatic carbocycles. The minimum Gasteiger partial charge on any atom is -0.493 e. The number of benzene rings is 2. The number of oxime groups is 1. The minimum absolute atomic E-state index is 0.0310. The quantitative estimate of drug-likeness (QED) is 0.345. The zero-order valence-corrected chi connectivity index (χ0v) is 23.1. The van der Waals surface area contributed by atoms with Crippen molar-refractivity contribution >= 4 is 11.7 Å². The molecule has 2 aliphatic heterocycles. The normalized spacial score (nSPS) is 24.1. The lowest BCUT2D eigenvalue weighted by molar-refractivity contribution is -0.146. The second-order valence-electron chi connectivity index (χ2n) is 11.9. The van der Waals surface area contributed by atoms with Gasteiger partial charge in [0, 0.05) is 37.5 Å². The molecule has 2 aromatic rings. The van der Waals surface area contributed by atoms with Crippen LogP contribution in [0.3, 0.4) is 0 Å². The standard InChI is InChI=1S/C32H39FN2O4/c1-3-14-38-29-16-21(15-27(22-4-5-22)30(29)24-10-12-26(33)13-11-24)18-35-19-32(20-35)17-28(34-39-32)23-6-8-25(9-7-23)31(36)37-2/h10-13,15-16,22-23,25H,3-9,14,17-20H2,1-2H3/t23-,25-. The van der Waals surface area contributed by atoms with Crippen LogP contribution in [0.4, 0.5) is 4.39 Å². The Balaban J connectivity index is 1.11. The highest BCUT2D eigenvalue weighted by Crippen LogP contribution is 2.49. The van der Waals surface area contributed by atoms with Gasteiger partial charge >= 0.3 is 5.97 Å². The number of hydrogen-bond acceptors (Lipinski definition) is 6. The van der Waals surface area contributed by atoms with Crippen LogP contribution in [0.15, 0.2) is 41.6 Å². The summed E-state index contributed by atoms with van der Waals surface area (Å²) in [6.45, 7) is 5.34. The topological polar surface area (TPSA) is 60.4 Å². The number of esters is 1. The first-order chi connectivity index (χ1) is 19.0. The summed E-state index contributed by atoms with van der Waals surface area (Å²) in [6.07, 6.45) is 7.90. The van der Waals surface area contributed by atoms with Crippen LogP contribution in [0.2, 0.25) is 0 Å². The zero-order chi connectivity index (χ0) is 27.0. The first-order valence-corrected chi connectivity index (χ1v) is 14.6. The van der Waals surface area contributed by atoms with Gasteiger partial charge in [-0.2, -0.15) is 0 Å². The van der Waals surface area contributed by atoms with E-state index in [0.29, 0.717) is 18.4 Å². The van der Waals surface area contributed by atoms with Crippen molar-refractivity contribution in [2.45, 2.75) is 76.4 Å². The van der Waals surface area contributed by atoms with Crippen LogP contribution in [0, 0.1) is 17.7 Å². The molecular formula is C32H39FN2O4. The number of rotatable bonds is 9. The van der Waals surface area contributed by atoms with E-state index in [1.807, 2.05) is 12.1 Å². The Morgan fingerprint density at radius 3 is 2.46 bits per heavy atom. The van der Waals surface area contributed by atoms with Crippen molar-refractivity contribution < 1.29 is 23.5 Å². The monoisotopic (exact) mass is 534 g/mol. The molecule has 0 atom stereocenters. The number of ether oxygens (including phenoxy) is 2. The van der Waals surface area contributed by atoms with Gasteiger partial charge in [-0.15, -0.1) is 0 Å². The van der Waals surface area contributed by atoms with Gasteiger partial charge in [0.2, 0.25) is 0 Å². The maximum absolute atomic E-state index is 13.7. The second-order valence-corrected chi connectivity index (χ2v) is 11.9. The number of methoxy groups -OCH3 is 1. The van der Waals surface area contributed by atoms with E-state index < -0.39 is 0 Å². The van der Waals surface area contributed by atoms with Gasteiger partial charge in [-0.25, -0.2) is 4.39 Å². The third kappa shape index (κ3) is 5.56. The number of carbonyl (C=O) groups excluding carboxylic acids is 1. The number of halogens is 1. The van der Waals surface area contributed by atoms with Gasteiger partial charge in [0.05, 0.1) is 25.3 Å². The van der Waals surface area contributed by atoms with Gasteiger partial charge in [0.1, 0.15) is 11.6 Å². The van der Waals surface area contributed by atoms with E-state index in [1.165, 1.54) is 48.9 Å². The Hall–Kier alpha value is -2.93. The summed E-state index contributed by atoms with van der Waals surface area (Å²) in [5.41, 5.74) is 5.68.